The highest BCUT2D eigenvalue weighted by atomic mass is 15.1. The highest BCUT2D eigenvalue weighted by molar-refractivity contribution is 6.29. The SMILES string of the molecule is [C-]#[N+]c1ccc(C#Cc2cc(N(C)C)c3ccc4c(N(C)C)cc(C#Cc5ccc(C#N)cc5)c5ccc2c3c54)cc1. The van der Waals surface area contributed by atoms with Crippen LogP contribution in [0.3, 0.4) is 0 Å². The molecule has 198 valence electrons. The van der Waals surface area contributed by atoms with Crippen LogP contribution in [0.1, 0.15) is 27.8 Å². The Morgan fingerprint density at radius 2 is 0.952 bits per heavy atom. The van der Waals surface area contributed by atoms with E-state index in [1.165, 1.54) is 21.5 Å². The van der Waals surface area contributed by atoms with Crippen molar-refractivity contribution in [1.29, 1.82) is 5.26 Å². The van der Waals surface area contributed by atoms with Crippen LogP contribution in [-0.2, 0) is 0 Å². The second kappa shape index (κ2) is 10.6. The van der Waals surface area contributed by atoms with Gasteiger partial charge in [-0.3, -0.25) is 0 Å². The smallest absolute Gasteiger partial charge is 0.187 e. The van der Waals surface area contributed by atoms with Crippen molar-refractivity contribution < 1.29 is 0 Å². The van der Waals surface area contributed by atoms with Crippen LogP contribution >= 0.6 is 0 Å². The molecule has 0 aliphatic rings. The summed E-state index contributed by atoms with van der Waals surface area (Å²) in [4.78, 5) is 7.76. The Morgan fingerprint density at radius 1 is 0.548 bits per heavy atom. The lowest BCUT2D eigenvalue weighted by Crippen LogP contribution is -2.11. The van der Waals surface area contributed by atoms with Crippen LogP contribution in [0.25, 0.3) is 37.2 Å². The molecule has 0 saturated carbocycles. The molecule has 0 saturated heterocycles. The van der Waals surface area contributed by atoms with Crippen molar-refractivity contribution in [2.75, 3.05) is 38.0 Å². The summed E-state index contributed by atoms with van der Waals surface area (Å²) in [6, 6.07) is 30.0. The third kappa shape index (κ3) is 4.59. The molecule has 0 aliphatic carbocycles. The van der Waals surface area contributed by atoms with Crippen molar-refractivity contribution in [3.05, 3.63) is 124 Å². The lowest BCUT2D eigenvalue weighted by Gasteiger charge is -2.23. The molecule has 4 heteroatoms. The van der Waals surface area contributed by atoms with Crippen LogP contribution in [0.5, 0.6) is 0 Å². The number of hydrogen-bond donors (Lipinski definition) is 0. The lowest BCUT2D eigenvalue weighted by atomic mass is 9.88. The minimum atomic E-state index is 0.605. The van der Waals surface area contributed by atoms with E-state index < -0.39 is 0 Å². The molecule has 0 radical (unpaired) electrons. The normalized spacial score (nSPS) is 10.4. The van der Waals surface area contributed by atoms with Crippen molar-refractivity contribution in [3.8, 4) is 29.8 Å². The molecule has 6 rings (SSSR count). The Bertz CT molecular complexity index is 2040. The highest BCUT2D eigenvalue weighted by Crippen LogP contribution is 2.44. The van der Waals surface area contributed by atoms with E-state index in [4.69, 9.17) is 11.8 Å². The molecular formula is C38H26N4. The van der Waals surface area contributed by atoms with Gasteiger partial charge in [-0.2, -0.15) is 5.26 Å². The van der Waals surface area contributed by atoms with Crippen LogP contribution in [0.2, 0.25) is 0 Å². The maximum Gasteiger partial charge on any atom is 0.187 e. The number of anilines is 2. The molecular weight excluding hydrogens is 512 g/mol. The number of benzene rings is 6. The zero-order chi connectivity index (χ0) is 29.4. The van der Waals surface area contributed by atoms with Gasteiger partial charge in [0.2, 0.25) is 0 Å². The van der Waals surface area contributed by atoms with Crippen molar-refractivity contribution >= 4 is 49.4 Å². The van der Waals surface area contributed by atoms with Crippen LogP contribution in [0, 0.1) is 41.6 Å². The second-order valence-corrected chi connectivity index (χ2v) is 10.6. The first-order chi connectivity index (χ1) is 20.4. The molecule has 0 atom stereocenters. The maximum absolute atomic E-state index is 9.14. The Morgan fingerprint density at radius 3 is 1.36 bits per heavy atom. The fourth-order valence-corrected chi connectivity index (χ4v) is 5.43. The summed E-state index contributed by atoms with van der Waals surface area (Å²) in [7, 11) is 8.25. The van der Waals surface area contributed by atoms with Gasteiger partial charge in [-0.15, -0.1) is 0 Å². The molecule has 0 bridgehead atoms. The van der Waals surface area contributed by atoms with Crippen molar-refractivity contribution in [2.24, 2.45) is 0 Å². The van der Waals surface area contributed by atoms with Gasteiger partial charge < -0.3 is 9.80 Å². The van der Waals surface area contributed by atoms with E-state index in [1.807, 2.05) is 24.3 Å². The highest BCUT2D eigenvalue weighted by Gasteiger charge is 2.19. The molecule has 0 aromatic heterocycles. The Hall–Kier alpha value is -5.94. The second-order valence-electron chi connectivity index (χ2n) is 10.6. The van der Waals surface area contributed by atoms with Gasteiger partial charge in [0, 0.05) is 83.4 Å². The third-order valence-corrected chi connectivity index (χ3v) is 7.51. The maximum atomic E-state index is 9.14. The average molecular weight is 539 g/mol. The van der Waals surface area contributed by atoms with Gasteiger partial charge in [-0.1, -0.05) is 72.2 Å². The predicted octanol–water partition coefficient (Wildman–Crippen LogP) is 7.94. The summed E-state index contributed by atoms with van der Waals surface area (Å²) < 4.78 is 0. The topological polar surface area (TPSA) is 34.6 Å². The molecule has 0 heterocycles. The van der Waals surface area contributed by atoms with E-state index in [0.29, 0.717) is 11.3 Å². The molecule has 4 nitrogen and oxygen atoms in total. The van der Waals surface area contributed by atoms with Crippen LogP contribution in [-0.4, -0.2) is 28.2 Å². The van der Waals surface area contributed by atoms with Gasteiger partial charge >= 0.3 is 0 Å². The number of rotatable bonds is 2. The van der Waals surface area contributed by atoms with Crippen molar-refractivity contribution in [2.45, 2.75) is 0 Å². The van der Waals surface area contributed by atoms with Gasteiger partial charge in [-0.05, 0) is 47.2 Å². The van der Waals surface area contributed by atoms with Gasteiger partial charge in [-0.25, -0.2) is 4.85 Å². The quantitative estimate of drug-likeness (QED) is 0.128. The fourth-order valence-electron chi connectivity index (χ4n) is 5.43. The first-order valence-corrected chi connectivity index (χ1v) is 13.5. The fraction of sp³-hybridized carbons (Fsp3) is 0.105. The van der Waals surface area contributed by atoms with E-state index in [-0.39, 0.29) is 0 Å². The molecule has 0 aliphatic heterocycles. The summed E-state index contributed by atoms with van der Waals surface area (Å²) in [5, 5.41) is 16.0. The first-order valence-electron chi connectivity index (χ1n) is 13.5. The van der Waals surface area contributed by atoms with Crippen LogP contribution in [0.15, 0.2) is 84.9 Å². The molecule has 0 unspecified atom stereocenters. The zero-order valence-corrected chi connectivity index (χ0v) is 23.9. The van der Waals surface area contributed by atoms with Gasteiger partial charge in [0.05, 0.1) is 18.2 Å². The molecule has 0 fully saturated rings. The van der Waals surface area contributed by atoms with E-state index in [0.717, 1.165) is 44.4 Å². The number of nitrogens with zero attached hydrogens (tertiary/aromatic N) is 4. The summed E-state index contributed by atoms with van der Waals surface area (Å²) in [6.45, 7) is 7.21. The minimum absolute atomic E-state index is 0.605. The van der Waals surface area contributed by atoms with Gasteiger partial charge in [0.15, 0.2) is 5.69 Å². The third-order valence-electron chi connectivity index (χ3n) is 7.51. The monoisotopic (exact) mass is 538 g/mol. The Balaban J connectivity index is 1.64. The molecule has 0 N–H and O–H groups in total. The average Bonchev–Trinajstić information content (AvgIpc) is 3.02. The van der Waals surface area contributed by atoms with Gasteiger partial charge in [0.1, 0.15) is 0 Å². The summed E-state index contributed by atoms with van der Waals surface area (Å²) in [6.07, 6.45) is 0. The van der Waals surface area contributed by atoms with E-state index in [9.17, 15) is 0 Å². The Labute approximate surface area is 246 Å². The van der Waals surface area contributed by atoms with Crippen molar-refractivity contribution in [3.63, 3.8) is 0 Å². The minimum Gasteiger partial charge on any atom is -0.377 e. The van der Waals surface area contributed by atoms with E-state index in [1.54, 1.807) is 24.3 Å². The largest absolute Gasteiger partial charge is 0.377 e. The first kappa shape index (κ1) is 26.3. The molecule has 0 spiro atoms. The van der Waals surface area contributed by atoms with Crippen LogP contribution in [0.4, 0.5) is 17.1 Å². The molecule has 6 aromatic rings. The van der Waals surface area contributed by atoms with Crippen molar-refractivity contribution in [1.82, 2.24) is 0 Å². The van der Waals surface area contributed by atoms with E-state index in [2.05, 4.69) is 109 Å². The molecule has 42 heavy (non-hydrogen) atoms. The van der Waals surface area contributed by atoms with Gasteiger partial charge in [0.25, 0.3) is 0 Å². The zero-order valence-electron chi connectivity index (χ0n) is 23.9. The summed E-state index contributed by atoms with van der Waals surface area (Å²) >= 11 is 0. The summed E-state index contributed by atoms with van der Waals surface area (Å²) in [5.41, 5.74) is 7.07. The molecule has 0 amide bonds. The number of nitriles is 1. The standard InChI is InChI=1S/C38H26N4/c1-40-30-16-12-26(13-17-30)11-15-29-23-36(42(4)5)34-21-20-33-35(41(2)3)22-28(31-18-19-32(29)38(34)37(31)33)14-10-25-6-8-27(24-39)9-7-25/h6-9,12-13,16-23H,2-5H3. The number of hydrogen-bond acceptors (Lipinski definition) is 3. The van der Waals surface area contributed by atoms with Crippen LogP contribution < -0.4 is 9.80 Å². The predicted molar refractivity (Wildman–Crippen MR) is 175 cm³/mol. The molecule has 6 aromatic carbocycles. The lowest BCUT2D eigenvalue weighted by molar-refractivity contribution is 1.14. The Kier molecular flexibility index (Phi) is 6.61. The van der Waals surface area contributed by atoms with E-state index >= 15 is 0 Å². The summed E-state index contributed by atoms with van der Waals surface area (Å²) in [5.74, 6) is 13.5.